The summed E-state index contributed by atoms with van der Waals surface area (Å²) in [5.41, 5.74) is 6.43. The average molecular weight is 335 g/mol. The number of aromatic nitrogens is 3. The number of benzene rings is 1. The van der Waals surface area contributed by atoms with E-state index in [1.807, 2.05) is 13.1 Å². The SMILES string of the molecule is CCOc1cc2c(cc1Nc1ncnc3[nH]c(CC)c(C)c13)C=NC2. The molecule has 3 heterocycles. The van der Waals surface area contributed by atoms with Crippen LogP contribution in [0.1, 0.15) is 36.2 Å². The average Bonchev–Trinajstić information content (AvgIpc) is 3.19. The van der Waals surface area contributed by atoms with Crippen LogP contribution < -0.4 is 10.1 Å². The van der Waals surface area contributed by atoms with E-state index in [9.17, 15) is 0 Å². The Morgan fingerprint density at radius 2 is 2.12 bits per heavy atom. The number of ether oxygens (including phenoxy) is 1. The van der Waals surface area contributed by atoms with Gasteiger partial charge in [-0.25, -0.2) is 9.97 Å². The molecule has 0 bridgehead atoms. The molecule has 0 radical (unpaired) electrons. The lowest BCUT2D eigenvalue weighted by Gasteiger charge is -2.14. The number of rotatable bonds is 5. The largest absolute Gasteiger partial charge is 0.492 e. The summed E-state index contributed by atoms with van der Waals surface area (Å²) in [6.45, 7) is 7.54. The molecular formula is C19H21N5O. The van der Waals surface area contributed by atoms with E-state index in [4.69, 9.17) is 4.74 Å². The van der Waals surface area contributed by atoms with Gasteiger partial charge in [-0.2, -0.15) is 0 Å². The number of nitrogens with zero attached hydrogens (tertiary/aromatic N) is 3. The first-order chi connectivity index (χ1) is 12.2. The lowest BCUT2D eigenvalue weighted by Crippen LogP contribution is -2.02. The zero-order valence-corrected chi connectivity index (χ0v) is 14.7. The molecule has 6 nitrogen and oxygen atoms in total. The minimum absolute atomic E-state index is 0.608. The van der Waals surface area contributed by atoms with Crippen LogP contribution in [0.2, 0.25) is 0 Å². The molecule has 0 saturated heterocycles. The van der Waals surface area contributed by atoms with Gasteiger partial charge in [0.05, 0.1) is 24.2 Å². The minimum Gasteiger partial charge on any atom is -0.492 e. The van der Waals surface area contributed by atoms with E-state index >= 15 is 0 Å². The predicted molar refractivity (Wildman–Crippen MR) is 100 cm³/mol. The number of H-pyrrole nitrogens is 1. The number of hydrogen-bond acceptors (Lipinski definition) is 5. The fourth-order valence-corrected chi connectivity index (χ4v) is 3.31. The van der Waals surface area contributed by atoms with E-state index in [1.165, 1.54) is 16.8 Å². The second-order valence-electron chi connectivity index (χ2n) is 6.10. The lowest BCUT2D eigenvalue weighted by molar-refractivity contribution is 0.341. The molecule has 0 amide bonds. The molecule has 0 saturated carbocycles. The Labute approximate surface area is 146 Å². The number of nitrogens with one attached hydrogen (secondary N) is 2. The molecule has 0 unspecified atom stereocenters. The van der Waals surface area contributed by atoms with Crippen molar-refractivity contribution in [3.8, 4) is 5.75 Å². The molecule has 0 fully saturated rings. The van der Waals surface area contributed by atoms with Crippen LogP contribution >= 0.6 is 0 Å². The first-order valence-corrected chi connectivity index (χ1v) is 8.60. The van der Waals surface area contributed by atoms with Gasteiger partial charge in [0.1, 0.15) is 23.5 Å². The molecule has 2 aromatic heterocycles. The molecule has 3 aromatic rings. The molecule has 1 aromatic carbocycles. The van der Waals surface area contributed by atoms with Crippen molar-refractivity contribution in [2.24, 2.45) is 4.99 Å². The van der Waals surface area contributed by atoms with Gasteiger partial charge < -0.3 is 15.0 Å². The highest BCUT2D eigenvalue weighted by atomic mass is 16.5. The van der Waals surface area contributed by atoms with E-state index in [0.717, 1.165) is 40.3 Å². The summed E-state index contributed by atoms with van der Waals surface area (Å²) in [4.78, 5) is 16.6. The maximum atomic E-state index is 5.83. The first kappa shape index (κ1) is 15.6. The Balaban J connectivity index is 1.81. The number of aromatic amines is 1. The molecule has 2 N–H and O–H groups in total. The second kappa shape index (κ2) is 6.20. The predicted octanol–water partition coefficient (Wildman–Crippen LogP) is 3.90. The zero-order chi connectivity index (χ0) is 17.4. The van der Waals surface area contributed by atoms with Crippen molar-refractivity contribution in [1.29, 1.82) is 0 Å². The molecular weight excluding hydrogens is 314 g/mol. The van der Waals surface area contributed by atoms with Gasteiger partial charge in [0, 0.05) is 11.9 Å². The smallest absolute Gasteiger partial charge is 0.143 e. The Kier molecular flexibility index (Phi) is 3.87. The summed E-state index contributed by atoms with van der Waals surface area (Å²) < 4.78 is 5.83. The van der Waals surface area contributed by atoms with Gasteiger partial charge in [0.25, 0.3) is 0 Å². The van der Waals surface area contributed by atoms with Crippen LogP contribution in [0.4, 0.5) is 11.5 Å². The van der Waals surface area contributed by atoms with Crippen LogP contribution in [-0.4, -0.2) is 27.8 Å². The first-order valence-electron chi connectivity index (χ1n) is 8.60. The summed E-state index contributed by atoms with van der Waals surface area (Å²) in [5.74, 6) is 1.61. The monoisotopic (exact) mass is 335 g/mol. The van der Waals surface area contributed by atoms with Crippen LogP contribution in [0.5, 0.6) is 5.75 Å². The highest BCUT2D eigenvalue weighted by molar-refractivity contribution is 5.94. The Hall–Kier alpha value is -2.89. The van der Waals surface area contributed by atoms with Crippen LogP contribution in [0.3, 0.4) is 0 Å². The van der Waals surface area contributed by atoms with Gasteiger partial charge in [0.15, 0.2) is 0 Å². The Morgan fingerprint density at radius 1 is 1.24 bits per heavy atom. The molecule has 1 aliphatic heterocycles. The van der Waals surface area contributed by atoms with E-state index < -0.39 is 0 Å². The van der Waals surface area contributed by atoms with Crippen molar-refractivity contribution in [3.05, 3.63) is 40.8 Å². The van der Waals surface area contributed by atoms with Crippen LogP contribution in [0, 0.1) is 6.92 Å². The minimum atomic E-state index is 0.608. The van der Waals surface area contributed by atoms with Crippen molar-refractivity contribution in [2.45, 2.75) is 33.7 Å². The van der Waals surface area contributed by atoms with Gasteiger partial charge in [-0.3, -0.25) is 4.99 Å². The maximum Gasteiger partial charge on any atom is 0.143 e. The van der Waals surface area contributed by atoms with Crippen LogP contribution in [0.25, 0.3) is 11.0 Å². The summed E-state index contributed by atoms with van der Waals surface area (Å²) in [7, 11) is 0. The number of aliphatic imine (C=N–C) groups is 1. The fraction of sp³-hybridized carbons (Fsp3) is 0.316. The van der Waals surface area contributed by atoms with Crippen LogP contribution in [-0.2, 0) is 13.0 Å². The van der Waals surface area contributed by atoms with Crippen molar-refractivity contribution in [2.75, 3.05) is 11.9 Å². The normalized spacial score (nSPS) is 12.6. The van der Waals surface area contributed by atoms with E-state index in [0.29, 0.717) is 13.2 Å². The van der Waals surface area contributed by atoms with E-state index in [1.54, 1.807) is 6.33 Å². The Bertz CT molecular complexity index is 974. The van der Waals surface area contributed by atoms with Gasteiger partial charge in [-0.15, -0.1) is 0 Å². The van der Waals surface area contributed by atoms with Crippen molar-refractivity contribution >= 4 is 28.8 Å². The number of hydrogen-bond donors (Lipinski definition) is 2. The van der Waals surface area contributed by atoms with Crippen molar-refractivity contribution < 1.29 is 4.74 Å². The number of anilines is 2. The molecule has 25 heavy (non-hydrogen) atoms. The number of fused-ring (bicyclic) bond motifs is 2. The molecule has 0 atom stereocenters. The highest BCUT2D eigenvalue weighted by Crippen LogP contribution is 2.35. The third-order valence-electron chi connectivity index (χ3n) is 4.58. The molecule has 4 rings (SSSR count). The van der Waals surface area contributed by atoms with Gasteiger partial charge in [-0.1, -0.05) is 6.92 Å². The second-order valence-corrected chi connectivity index (χ2v) is 6.10. The van der Waals surface area contributed by atoms with E-state index in [-0.39, 0.29) is 0 Å². The summed E-state index contributed by atoms with van der Waals surface area (Å²) in [6, 6.07) is 4.14. The fourth-order valence-electron chi connectivity index (χ4n) is 3.31. The quantitative estimate of drug-likeness (QED) is 0.741. The molecule has 128 valence electrons. The highest BCUT2D eigenvalue weighted by Gasteiger charge is 2.17. The van der Waals surface area contributed by atoms with Crippen molar-refractivity contribution in [3.63, 3.8) is 0 Å². The summed E-state index contributed by atoms with van der Waals surface area (Å²) in [6.07, 6.45) is 4.42. The molecule has 6 heteroatoms. The maximum absolute atomic E-state index is 5.83. The summed E-state index contributed by atoms with van der Waals surface area (Å²) >= 11 is 0. The van der Waals surface area contributed by atoms with Gasteiger partial charge in [-0.05, 0) is 49.1 Å². The van der Waals surface area contributed by atoms with Gasteiger partial charge in [0.2, 0.25) is 0 Å². The molecule has 1 aliphatic rings. The standard InChI is InChI=1S/C19H21N5O/c1-4-14-11(3)17-18(23-14)21-10-22-19(17)24-15-6-12-8-20-9-13(12)7-16(15)25-5-2/h6-8,10H,4-5,9H2,1-3H3,(H2,21,22,23,24). The van der Waals surface area contributed by atoms with E-state index in [2.05, 4.69) is 51.2 Å². The Morgan fingerprint density at radius 3 is 2.92 bits per heavy atom. The third kappa shape index (κ3) is 2.63. The third-order valence-corrected chi connectivity index (χ3v) is 4.58. The molecule has 0 spiro atoms. The number of aryl methyl sites for hydroxylation is 2. The topological polar surface area (TPSA) is 75.2 Å². The van der Waals surface area contributed by atoms with Crippen LogP contribution in [0.15, 0.2) is 23.5 Å². The van der Waals surface area contributed by atoms with Gasteiger partial charge >= 0.3 is 0 Å². The molecule has 0 aliphatic carbocycles. The summed E-state index contributed by atoms with van der Waals surface area (Å²) in [5, 5.41) is 4.47. The zero-order valence-electron chi connectivity index (χ0n) is 14.7. The lowest BCUT2D eigenvalue weighted by atomic mass is 10.1. The van der Waals surface area contributed by atoms with Crippen molar-refractivity contribution in [1.82, 2.24) is 15.0 Å².